The zero-order valence-electron chi connectivity index (χ0n) is 13.1. The Hall–Kier alpha value is -2.01. The Kier molecular flexibility index (Phi) is 6.00. The van der Waals surface area contributed by atoms with E-state index < -0.39 is 17.7 Å². The molecule has 0 saturated heterocycles. The number of carbonyl (C=O) groups excluding carboxylic acids is 1. The molecule has 0 unspecified atom stereocenters. The molecule has 5 nitrogen and oxygen atoms in total. The van der Waals surface area contributed by atoms with Crippen molar-refractivity contribution in [3.63, 3.8) is 0 Å². The zero-order chi connectivity index (χ0) is 16.9. The predicted molar refractivity (Wildman–Crippen MR) is 87.2 cm³/mol. The molecule has 120 valence electrons. The molecule has 1 rings (SSSR count). The molecule has 1 aromatic carbocycles. The van der Waals surface area contributed by atoms with Gasteiger partial charge < -0.3 is 9.84 Å². The lowest BCUT2D eigenvalue weighted by atomic mass is 10.1. The molecule has 0 fully saturated rings. The normalized spacial score (nSPS) is 12.0. The van der Waals surface area contributed by atoms with Gasteiger partial charge in [0.05, 0.1) is 10.7 Å². The summed E-state index contributed by atoms with van der Waals surface area (Å²) in [5, 5.41) is 11.9. The first-order valence-corrected chi connectivity index (χ1v) is 7.23. The van der Waals surface area contributed by atoms with Gasteiger partial charge in [-0.3, -0.25) is 5.32 Å². The van der Waals surface area contributed by atoms with Gasteiger partial charge in [0.15, 0.2) is 0 Å². The largest absolute Gasteiger partial charge is 0.478 e. The van der Waals surface area contributed by atoms with Crippen LogP contribution in [0.5, 0.6) is 0 Å². The van der Waals surface area contributed by atoms with Gasteiger partial charge in [-0.05, 0) is 51.0 Å². The van der Waals surface area contributed by atoms with Crippen LogP contribution in [0.3, 0.4) is 0 Å². The maximum atomic E-state index is 11.8. The van der Waals surface area contributed by atoms with Crippen molar-refractivity contribution in [3.8, 4) is 0 Å². The summed E-state index contributed by atoms with van der Waals surface area (Å²) in [5.74, 6) is -0.973. The summed E-state index contributed by atoms with van der Waals surface area (Å²) in [6.45, 7) is 7.03. The van der Waals surface area contributed by atoms with E-state index in [1.807, 2.05) is 0 Å². The van der Waals surface area contributed by atoms with Crippen LogP contribution in [-0.2, 0) is 9.53 Å². The Morgan fingerprint density at radius 1 is 1.36 bits per heavy atom. The molecule has 0 atom stereocenters. The van der Waals surface area contributed by atoms with Crippen molar-refractivity contribution in [2.45, 2.75) is 39.7 Å². The lowest BCUT2D eigenvalue weighted by Gasteiger charge is -2.20. The van der Waals surface area contributed by atoms with Crippen LogP contribution in [0.2, 0.25) is 5.02 Å². The topological polar surface area (TPSA) is 75.6 Å². The Bertz CT molecular complexity index is 603. The first-order valence-electron chi connectivity index (χ1n) is 6.86. The smallest absolute Gasteiger partial charge is 0.412 e. The number of anilines is 1. The third-order valence-corrected chi connectivity index (χ3v) is 2.95. The number of hydrogen-bond donors (Lipinski definition) is 2. The van der Waals surface area contributed by atoms with Gasteiger partial charge in [0.25, 0.3) is 0 Å². The molecule has 1 amide bonds. The first kappa shape index (κ1) is 18.0. The number of carboxylic acid groups (broad SMARTS) is 1. The molecule has 22 heavy (non-hydrogen) atoms. The summed E-state index contributed by atoms with van der Waals surface area (Å²) >= 11 is 6.04. The highest BCUT2D eigenvalue weighted by atomic mass is 35.5. The van der Waals surface area contributed by atoms with Gasteiger partial charge in [-0.1, -0.05) is 24.6 Å². The zero-order valence-corrected chi connectivity index (χ0v) is 13.8. The SMILES string of the molecule is CC/C(=C\c1ccc(Cl)c(NC(=O)OC(C)(C)C)c1)C(=O)O. The van der Waals surface area contributed by atoms with E-state index in [9.17, 15) is 9.59 Å². The van der Waals surface area contributed by atoms with Crippen molar-refractivity contribution >= 4 is 35.4 Å². The molecular weight excluding hydrogens is 306 g/mol. The number of ether oxygens (including phenoxy) is 1. The molecule has 0 aliphatic heterocycles. The number of benzene rings is 1. The van der Waals surface area contributed by atoms with Crippen molar-refractivity contribution in [1.29, 1.82) is 0 Å². The summed E-state index contributed by atoms with van der Waals surface area (Å²) in [6, 6.07) is 4.88. The number of carboxylic acids is 1. The monoisotopic (exact) mass is 325 g/mol. The number of carbonyl (C=O) groups is 2. The van der Waals surface area contributed by atoms with E-state index in [4.69, 9.17) is 21.4 Å². The Labute approximate surface area is 134 Å². The molecule has 1 aromatic rings. The van der Waals surface area contributed by atoms with Gasteiger partial charge in [-0.25, -0.2) is 9.59 Å². The Morgan fingerprint density at radius 2 is 2.00 bits per heavy atom. The minimum atomic E-state index is -0.973. The molecule has 2 N–H and O–H groups in total. The van der Waals surface area contributed by atoms with Crippen molar-refractivity contribution < 1.29 is 19.4 Å². The molecule has 0 heterocycles. The van der Waals surface area contributed by atoms with Crippen molar-refractivity contribution in [1.82, 2.24) is 0 Å². The maximum Gasteiger partial charge on any atom is 0.412 e. The van der Waals surface area contributed by atoms with E-state index in [0.717, 1.165) is 0 Å². The van der Waals surface area contributed by atoms with Crippen molar-refractivity contribution in [2.24, 2.45) is 0 Å². The predicted octanol–water partition coefficient (Wildman–Crippen LogP) is 4.57. The third kappa shape index (κ3) is 5.77. The fourth-order valence-electron chi connectivity index (χ4n) is 1.66. The second-order valence-corrected chi connectivity index (χ2v) is 6.10. The van der Waals surface area contributed by atoms with Crippen molar-refractivity contribution in [2.75, 3.05) is 5.32 Å². The number of rotatable bonds is 4. The highest BCUT2D eigenvalue weighted by Crippen LogP contribution is 2.25. The molecule has 0 aliphatic rings. The van der Waals surface area contributed by atoms with Gasteiger partial charge in [-0.15, -0.1) is 0 Å². The van der Waals surface area contributed by atoms with Crippen molar-refractivity contribution in [3.05, 3.63) is 34.4 Å². The average molecular weight is 326 g/mol. The van der Waals surface area contributed by atoms with Crippen LogP contribution in [0.4, 0.5) is 10.5 Å². The summed E-state index contributed by atoms with van der Waals surface area (Å²) in [5.41, 5.74) is 0.651. The number of amides is 1. The molecule has 0 aliphatic carbocycles. The van der Waals surface area contributed by atoms with Gasteiger partial charge in [-0.2, -0.15) is 0 Å². The second kappa shape index (κ2) is 7.31. The quantitative estimate of drug-likeness (QED) is 0.795. The summed E-state index contributed by atoms with van der Waals surface area (Å²) < 4.78 is 5.16. The number of aliphatic carboxylic acids is 1. The van der Waals surface area contributed by atoms with E-state index >= 15 is 0 Å². The average Bonchev–Trinajstić information content (AvgIpc) is 2.36. The minimum Gasteiger partial charge on any atom is -0.478 e. The van der Waals surface area contributed by atoms with E-state index in [1.54, 1.807) is 52.0 Å². The first-order chi connectivity index (χ1) is 10.1. The van der Waals surface area contributed by atoms with Gasteiger partial charge in [0, 0.05) is 5.57 Å². The lowest BCUT2D eigenvalue weighted by Crippen LogP contribution is -2.27. The van der Waals surface area contributed by atoms with Crippen LogP contribution in [0.15, 0.2) is 23.8 Å². The molecule has 0 bridgehead atoms. The van der Waals surface area contributed by atoms with Crippen LogP contribution in [0, 0.1) is 0 Å². The number of nitrogens with one attached hydrogen (secondary N) is 1. The Balaban J connectivity index is 3.00. The summed E-state index contributed by atoms with van der Waals surface area (Å²) in [6.07, 6.45) is 1.32. The van der Waals surface area contributed by atoms with E-state index in [2.05, 4.69) is 5.32 Å². The molecule has 0 aromatic heterocycles. The molecule has 0 saturated carbocycles. The van der Waals surface area contributed by atoms with Crippen LogP contribution in [0.25, 0.3) is 6.08 Å². The standard InChI is InChI=1S/C16H20ClNO4/c1-5-11(14(19)20)8-10-6-7-12(17)13(9-10)18-15(21)22-16(2,3)4/h6-9H,5H2,1-4H3,(H,18,21)(H,19,20)/b11-8+. The Morgan fingerprint density at radius 3 is 2.50 bits per heavy atom. The minimum absolute atomic E-state index is 0.269. The second-order valence-electron chi connectivity index (χ2n) is 5.69. The number of hydrogen-bond acceptors (Lipinski definition) is 3. The maximum absolute atomic E-state index is 11.8. The van der Waals surface area contributed by atoms with Gasteiger partial charge in [0.2, 0.25) is 0 Å². The fraction of sp³-hybridized carbons (Fsp3) is 0.375. The van der Waals surface area contributed by atoms with Crippen LogP contribution in [-0.4, -0.2) is 22.8 Å². The highest BCUT2D eigenvalue weighted by molar-refractivity contribution is 6.33. The molecule has 0 radical (unpaired) electrons. The molecular formula is C16H20ClNO4. The lowest BCUT2D eigenvalue weighted by molar-refractivity contribution is -0.132. The molecule has 0 spiro atoms. The van der Waals surface area contributed by atoms with Crippen LogP contribution >= 0.6 is 11.6 Å². The van der Waals surface area contributed by atoms with E-state index in [1.165, 1.54) is 0 Å². The fourth-order valence-corrected chi connectivity index (χ4v) is 1.82. The van der Waals surface area contributed by atoms with E-state index in [-0.39, 0.29) is 5.57 Å². The van der Waals surface area contributed by atoms with Crippen LogP contribution in [0.1, 0.15) is 39.7 Å². The molecule has 6 heteroatoms. The van der Waals surface area contributed by atoms with Crippen LogP contribution < -0.4 is 5.32 Å². The summed E-state index contributed by atoms with van der Waals surface area (Å²) in [4.78, 5) is 22.8. The third-order valence-electron chi connectivity index (χ3n) is 2.62. The highest BCUT2D eigenvalue weighted by Gasteiger charge is 2.17. The summed E-state index contributed by atoms with van der Waals surface area (Å²) in [7, 11) is 0. The van der Waals surface area contributed by atoms with E-state index in [0.29, 0.717) is 22.7 Å². The van der Waals surface area contributed by atoms with Gasteiger partial charge in [0.1, 0.15) is 5.60 Å². The number of halogens is 1. The van der Waals surface area contributed by atoms with Gasteiger partial charge >= 0.3 is 12.1 Å².